The first-order chi connectivity index (χ1) is 14.2. The van der Waals surface area contributed by atoms with Crippen molar-refractivity contribution in [2.24, 2.45) is 11.8 Å². The van der Waals surface area contributed by atoms with Gasteiger partial charge in [-0.3, -0.25) is 4.79 Å². The van der Waals surface area contributed by atoms with E-state index in [4.69, 9.17) is 5.11 Å². The zero-order chi connectivity index (χ0) is 20.0. The first kappa shape index (κ1) is 18.3. The molecule has 2 aliphatic heterocycles. The van der Waals surface area contributed by atoms with Gasteiger partial charge in [0.1, 0.15) is 5.56 Å². The molecular weight excluding hydrogens is 366 g/mol. The molecule has 0 spiro atoms. The Morgan fingerprint density at radius 2 is 2.14 bits per heavy atom. The quantitative estimate of drug-likeness (QED) is 0.706. The summed E-state index contributed by atoms with van der Waals surface area (Å²) in [6.45, 7) is 4.81. The second-order valence-corrected chi connectivity index (χ2v) is 8.10. The largest absolute Gasteiger partial charge is 0.396 e. The molecular formula is C22H25N5O2. The highest BCUT2D eigenvalue weighted by molar-refractivity contribution is 6.00. The second kappa shape index (κ2) is 7.24. The molecule has 3 atom stereocenters. The van der Waals surface area contributed by atoms with Gasteiger partial charge >= 0.3 is 0 Å². The minimum atomic E-state index is -0.00920. The Morgan fingerprint density at radius 1 is 1.28 bits per heavy atom. The fraction of sp³-hybridized carbons (Fsp3) is 0.409. The lowest BCUT2D eigenvalue weighted by atomic mass is 9.87. The number of aromatic nitrogens is 3. The number of aliphatic hydroxyl groups excluding tert-OH is 1. The van der Waals surface area contributed by atoms with E-state index < -0.39 is 0 Å². The number of aliphatic hydroxyl groups is 1. The normalized spacial score (nSPS) is 23.7. The minimum Gasteiger partial charge on any atom is -0.396 e. The van der Waals surface area contributed by atoms with Crippen LogP contribution in [-0.4, -0.2) is 56.8 Å². The van der Waals surface area contributed by atoms with Gasteiger partial charge in [0.25, 0.3) is 5.91 Å². The van der Waals surface area contributed by atoms with Crippen LogP contribution in [0.25, 0.3) is 5.65 Å². The molecule has 7 nitrogen and oxygen atoms in total. The van der Waals surface area contributed by atoms with E-state index in [1.54, 1.807) is 16.9 Å². The van der Waals surface area contributed by atoms with Crippen LogP contribution < -0.4 is 5.32 Å². The summed E-state index contributed by atoms with van der Waals surface area (Å²) in [5.74, 6) is 0.880. The first-order valence-corrected chi connectivity index (χ1v) is 10.2. The van der Waals surface area contributed by atoms with Gasteiger partial charge in [-0.1, -0.05) is 24.3 Å². The molecule has 0 saturated carbocycles. The predicted octanol–water partition coefficient (Wildman–Crippen LogP) is 1.61. The third-order valence-corrected chi connectivity index (χ3v) is 6.37. The fourth-order valence-electron chi connectivity index (χ4n) is 4.92. The molecule has 2 aliphatic rings. The summed E-state index contributed by atoms with van der Waals surface area (Å²) in [5.41, 5.74) is 4.44. The number of aryl methyl sites for hydroxylation is 1. The number of nitrogens with zero attached hydrogens (tertiary/aromatic N) is 4. The van der Waals surface area contributed by atoms with E-state index in [1.807, 2.05) is 17.2 Å². The lowest BCUT2D eigenvalue weighted by Gasteiger charge is -2.29. The van der Waals surface area contributed by atoms with Crippen LogP contribution in [0.1, 0.15) is 33.1 Å². The van der Waals surface area contributed by atoms with E-state index in [-0.39, 0.29) is 18.6 Å². The Bertz CT molecular complexity index is 1060. The zero-order valence-electron chi connectivity index (χ0n) is 16.5. The number of benzene rings is 1. The third-order valence-electron chi connectivity index (χ3n) is 6.37. The van der Waals surface area contributed by atoms with Crippen LogP contribution in [0, 0.1) is 18.8 Å². The Balaban J connectivity index is 1.53. The Kier molecular flexibility index (Phi) is 4.56. The van der Waals surface area contributed by atoms with E-state index in [0.29, 0.717) is 29.5 Å². The number of nitrogens with one attached hydrogen (secondary N) is 1. The van der Waals surface area contributed by atoms with Crippen LogP contribution in [-0.2, 0) is 6.42 Å². The Hall–Kier alpha value is -2.77. The van der Waals surface area contributed by atoms with Gasteiger partial charge in [-0.2, -0.15) is 5.10 Å². The van der Waals surface area contributed by atoms with Gasteiger partial charge in [0, 0.05) is 44.6 Å². The van der Waals surface area contributed by atoms with Crippen LogP contribution >= 0.6 is 0 Å². The average Bonchev–Trinajstić information content (AvgIpc) is 3.42. The summed E-state index contributed by atoms with van der Waals surface area (Å²) in [6.07, 6.45) is 5.68. The molecule has 0 unspecified atom stereocenters. The number of hydrogen-bond acceptors (Lipinski definition) is 5. The number of carbonyl (C=O) groups excluding carboxylic acids is 1. The maximum atomic E-state index is 13.6. The number of fused-ring (bicyclic) bond motifs is 2. The lowest BCUT2D eigenvalue weighted by Crippen LogP contribution is -2.35. The van der Waals surface area contributed by atoms with E-state index in [1.165, 1.54) is 11.1 Å². The SMILES string of the molecule is Cc1ccccc1[C@@H]1[C@H]2CNC[C@H]2CN1C(=O)c1cnn2cc(CCO)cnc12. The van der Waals surface area contributed by atoms with E-state index >= 15 is 0 Å². The molecule has 0 bridgehead atoms. The van der Waals surface area contributed by atoms with E-state index in [0.717, 1.165) is 25.2 Å². The predicted molar refractivity (Wildman–Crippen MR) is 109 cm³/mol. The lowest BCUT2D eigenvalue weighted by molar-refractivity contribution is 0.0715. The molecule has 2 fully saturated rings. The Labute approximate surface area is 169 Å². The van der Waals surface area contributed by atoms with Gasteiger partial charge in [0.2, 0.25) is 0 Å². The maximum Gasteiger partial charge on any atom is 0.259 e. The highest BCUT2D eigenvalue weighted by Gasteiger charge is 2.47. The second-order valence-electron chi connectivity index (χ2n) is 8.10. The molecule has 5 rings (SSSR count). The first-order valence-electron chi connectivity index (χ1n) is 10.2. The van der Waals surface area contributed by atoms with Crippen molar-refractivity contribution in [2.45, 2.75) is 19.4 Å². The van der Waals surface area contributed by atoms with Crippen molar-refractivity contribution in [2.75, 3.05) is 26.2 Å². The molecule has 150 valence electrons. The van der Waals surface area contributed by atoms with Crippen molar-refractivity contribution >= 4 is 11.6 Å². The van der Waals surface area contributed by atoms with Gasteiger partial charge in [-0.15, -0.1) is 0 Å². The summed E-state index contributed by atoms with van der Waals surface area (Å²) in [4.78, 5) is 20.1. The topological polar surface area (TPSA) is 82.8 Å². The standard InChI is InChI=1S/C22H25N5O2/c1-14-4-2-3-5-17(14)20-18-10-23-9-16(18)13-26(20)22(29)19-11-25-27-12-15(6-7-28)8-24-21(19)27/h2-5,8,11-12,16,18,20,23,28H,6-7,9-10,13H2,1H3/t16-,18-,20+/m0/s1. The van der Waals surface area contributed by atoms with Crippen molar-refractivity contribution in [3.63, 3.8) is 0 Å². The maximum absolute atomic E-state index is 13.6. The molecule has 3 aromatic rings. The summed E-state index contributed by atoms with van der Waals surface area (Å²) in [6, 6.07) is 8.43. The van der Waals surface area contributed by atoms with Gasteiger partial charge < -0.3 is 15.3 Å². The molecule has 0 aliphatic carbocycles. The molecule has 4 heterocycles. The highest BCUT2D eigenvalue weighted by atomic mass is 16.3. The molecule has 1 amide bonds. The van der Waals surface area contributed by atoms with Gasteiger partial charge in [-0.25, -0.2) is 9.50 Å². The number of amides is 1. The molecule has 2 N–H and O–H groups in total. The van der Waals surface area contributed by atoms with Crippen molar-refractivity contribution in [1.82, 2.24) is 24.8 Å². The van der Waals surface area contributed by atoms with Crippen LogP contribution in [0.2, 0.25) is 0 Å². The molecule has 7 heteroatoms. The smallest absolute Gasteiger partial charge is 0.259 e. The monoisotopic (exact) mass is 391 g/mol. The van der Waals surface area contributed by atoms with Crippen LogP contribution in [0.4, 0.5) is 0 Å². The third kappa shape index (κ3) is 3.01. The Morgan fingerprint density at radius 3 is 2.97 bits per heavy atom. The summed E-state index contributed by atoms with van der Waals surface area (Å²) >= 11 is 0. The van der Waals surface area contributed by atoms with Crippen molar-refractivity contribution < 1.29 is 9.90 Å². The molecule has 29 heavy (non-hydrogen) atoms. The zero-order valence-corrected chi connectivity index (χ0v) is 16.5. The van der Waals surface area contributed by atoms with Crippen LogP contribution in [0.3, 0.4) is 0 Å². The number of likely N-dealkylation sites (tertiary alicyclic amines) is 1. The summed E-state index contributed by atoms with van der Waals surface area (Å²) in [7, 11) is 0. The number of rotatable bonds is 4. The van der Waals surface area contributed by atoms with Crippen molar-refractivity contribution in [3.05, 3.63) is 65.1 Å². The average molecular weight is 391 g/mol. The molecule has 0 radical (unpaired) electrons. The molecule has 2 saturated heterocycles. The highest BCUT2D eigenvalue weighted by Crippen LogP contribution is 2.44. The van der Waals surface area contributed by atoms with E-state index in [9.17, 15) is 4.79 Å². The van der Waals surface area contributed by atoms with Gasteiger partial charge in [0.05, 0.1) is 12.2 Å². The van der Waals surface area contributed by atoms with Crippen molar-refractivity contribution in [1.29, 1.82) is 0 Å². The summed E-state index contributed by atoms with van der Waals surface area (Å²) < 4.78 is 1.64. The summed E-state index contributed by atoms with van der Waals surface area (Å²) in [5, 5.41) is 17.0. The molecule has 1 aromatic carbocycles. The molecule has 2 aromatic heterocycles. The van der Waals surface area contributed by atoms with Gasteiger partial charge in [0.15, 0.2) is 5.65 Å². The van der Waals surface area contributed by atoms with Crippen molar-refractivity contribution in [3.8, 4) is 0 Å². The van der Waals surface area contributed by atoms with Gasteiger partial charge in [-0.05, 0) is 36.0 Å². The van der Waals surface area contributed by atoms with Crippen LogP contribution in [0.15, 0.2) is 42.9 Å². The van der Waals surface area contributed by atoms with Crippen LogP contribution in [0.5, 0.6) is 0 Å². The minimum absolute atomic E-state index is 0.00920. The fourth-order valence-corrected chi connectivity index (χ4v) is 4.92. The van der Waals surface area contributed by atoms with E-state index in [2.05, 4.69) is 40.5 Å². The number of hydrogen-bond donors (Lipinski definition) is 2. The number of carbonyl (C=O) groups is 1.